The number of carbonyl (C=O) groups excluding carboxylic acids is 1. The topological polar surface area (TPSA) is 94.9 Å². The van der Waals surface area contributed by atoms with Gasteiger partial charge >= 0.3 is 0 Å². The number of methoxy groups -OCH3 is 3. The second kappa shape index (κ2) is 10.1. The molecule has 0 saturated carbocycles. The summed E-state index contributed by atoms with van der Waals surface area (Å²) in [5, 5.41) is 5.76. The molecule has 1 heterocycles. The molecule has 0 fully saturated rings. The first kappa shape index (κ1) is 23.5. The second-order valence-electron chi connectivity index (χ2n) is 7.00. The zero-order chi connectivity index (χ0) is 24.2. The van der Waals surface area contributed by atoms with Crippen LogP contribution in [0.15, 0.2) is 63.5 Å². The van der Waals surface area contributed by atoms with Crippen molar-refractivity contribution in [2.24, 2.45) is 0 Å². The van der Waals surface area contributed by atoms with Gasteiger partial charge in [-0.15, -0.1) is 0 Å². The summed E-state index contributed by atoms with van der Waals surface area (Å²) >= 11 is 8.80. The lowest BCUT2D eigenvalue weighted by Gasteiger charge is -2.14. The van der Waals surface area contributed by atoms with E-state index in [1.54, 1.807) is 43.5 Å². The van der Waals surface area contributed by atoms with Crippen LogP contribution in [0.3, 0.4) is 0 Å². The molecule has 174 valence electrons. The molecule has 1 amide bonds. The van der Waals surface area contributed by atoms with Crippen LogP contribution in [0, 0.1) is 0 Å². The summed E-state index contributed by atoms with van der Waals surface area (Å²) in [6.45, 7) is 0. The first-order chi connectivity index (χ1) is 16.4. The fourth-order valence-electron chi connectivity index (χ4n) is 3.33. The zero-order valence-electron chi connectivity index (χ0n) is 18.5. The molecule has 0 aliphatic rings. The van der Waals surface area contributed by atoms with Crippen molar-refractivity contribution >= 4 is 56.0 Å². The van der Waals surface area contributed by atoms with Crippen LogP contribution in [-0.4, -0.2) is 37.3 Å². The molecule has 0 spiro atoms. The van der Waals surface area contributed by atoms with Crippen molar-refractivity contribution < 1.29 is 23.4 Å². The van der Waals surface area contributed by atoms with Crippen LogP contribution < -0.4 is 24.8 Å². The average molecular weight is 542 g/mol. The molecule has 1 aromatic heterocycles. The number of thiocarbonyl (C=S) groups is 1. The fourth-order valence-corrected chi connectivity index (χ4v) is 4.08. The number of hydrogen-bond donors (Lipinski definition) is 2. The molecule has 0 atom stereocenters. The van der Waals surface area contributed by atoms with Crippen LogP contribution >= 0.6 is 28.1 Å². The highest BCUT2D eigenvalue weighted by atomic mass is 79.9. The molecule has 34 heavy (non-hydrogen) atoms. The predicted octanol–water partition coefficient (Wildman–Crippen LogP) is 5.41. The van der Waals surface area contributed by atoms with E-state index in [0.717, 1.165) is 10.0 Å². The van der Waals surface area contributed by atoms with Crippen LogP contribution in [0.1, 0.15) is 10.4 Å². The van der Waals surface area contributed by atoms with E-state index >= 15 is 0 Å². The van der Waals surface area contributed by atoms with E-state index in [0.29, 0.717) is 39.9 Å². The van der Waals surface area contributed by atoms with Gasteiger partial charge in [-0.2, -0.15) is 0 Å². The molecule has 0 aliphatic heterocycles. The third-order valence-electron chi connectivity index (χ3n) is 4.93. The highest BCUT2D eigenvalue weighted by Crippen LogP contribution is 2.32. The van der Waals surface area contributed by atoms with Gasteiger partial charge in [0.1, 0.15) is 28.3 Å². The Morgan fingerprint density at radius 1 is 0.971 bits per heavy atom. The van der Waals surface area contributed by atoms with Crippen LogP contribution in [0.2, 0.25) is 0 Å². The normalized spacial score (nSPS) is 10.6. The summed E-state index contributed by atoms with van der Waals surface area (Å²) in [5.74, 6) is 1.48. The average Bonchev–Trinajstić information content (AvgIpc) is 3.26. The lowest BCUT2D eigenvalue weighted by molar-refractivity contribution is 0.0971. The molecular formula is C24H20BrN3O5S. The van der Waals surface area contributed by atoms with E-state index in [2.05, 4.69) is 31.5 Å². The number of fused-ring (bicyclic) bond motifs is 1. The maximum Gasteiger partial charge on any atom is 0.264 e. The van der Waals surface area contributed by atoms with Crippen LogP contribution in [0.25, 0.3) is 22.6 Å². The van der Waals surface area contributed by atoms with E-state index in [4.69, 9.17) is 30.8 Å². The maximum absolute atomic E-state index is 12.8. The van der Waals surface area contributed by atoms with Crippen LogP contribution in [0.5, 0.6) is 17.2 Å². The van der Waals surface area contributed by atoms with Crippen LogP contribution in [0.4, 0.5) is 5.69 Å². The molecule has 0 radical (unpaired) electrons. The highest BCUT2D eigenvalue weighted by molar-refractivity contribution is 9.10. The van der Waals surface area contributed by atoms with Gasteiger partial charge < -0.3 is 23.9 Å². The molecule has 3 aromatic carbocycles. The minimum absolute atomic E-state index is 0.111. The molecule has 0 aliphatic carbocycles. The standard InChI is InChI=1S/C24H20BrN3O5S/c1-30-17-9-7-13(11-15(17)25)23-27-16-12-14(8-10-18(16)33-23)26-24(34)28-22(29)21-19(31-2)5-4-6-20(21)32-3/h4-12H,1-3H3,(H2,26,28,29,34). The molecule has 2 N–H and O–H groups in total. The number of aromatic nitrogens is 1. The first-order valence-electron chi connectivity index (χ1n) is 10.0. The summed E-state index contributed by atoms with van der Waals surface area (Å²) in [7, 11) is 4.57. The maximum atomic E-state index is 12.8. The summed E-state index contributed by atoms with van der Waals surface area (Å²) in [5.41, 5.74) is 2.93. The van der Waals surface area contributed by atoms with Gasteiger partial charge in [-0.25, -0.2) is 4.98 Å². The molecule has 4 rings (SSSR count). The number of carbonyl (C=O) groups is 1. The Labute approximate surface area is 209 Å². The number of nitrogens with zero attached hydrogens (tertiary/aromatic N) is 1. The third-order valence-corrected chi connectivity index (χ3v) is 5.75. The van der Waals surface area contributed by atoms with Crippen molar-refractivity contribution in [3.63, 3.8) is 0 Å². The molecule has 8 nitrogen and oxygen atoms in total. The minimum atomic E-state index is -0.457. The van der Waals surface area contributed by atoms with Gasteiger partial charge in [0, 0.05) is 11.3 Å². The number of rotatable bonds is 6. The van der Waals surface area contributed by atoms with Crippen molar-refractivity contribution in [2.45, 2.75) is 0 Å². The van der Waals surface area contributed by atoms with Crippen molar-refractivity contribution in [2.75, 3.05) is 26.6 Å². The number of ether oxygens (including phenoxy) is 3. The number of anilines is 1. The van der Waals surface area contributed by atoms with E-state index in [1.807, 2.05) is 18.2 Å². The van der Waals surface area contributed by atoms with Crippen LogP contribution in [-0.2, 0) is 0 Å². The van der Waals surface area contributed by atoms with Gasteiger partial charge in [0.25, 0.3) is 5.91 Å². The van der Waals surface area contributed by atoms with E-state index in [-0.39, 0.29) is 10.7 Å². The SMILES string of the molecule is COc1ccc(-c2nc3cc(NC(=S)NC(=O)c4c(OC)cccc4OC)ccc3o2)cc1Br. The number of oxazole rings is 1. The molecule has 0 unspecified atom stereocenters. The lowest BCUT2D eigenvalue weighted by Crippen LogP contribution is -2.34. The molecular weight excluding hydrogens is 522 g/mol. The summed E-state index contributed by atoms with van der Waals surface area (Å²) < 4.78 is 22.5. The van der Waals surface area contributed by atoms with E-state index in [9.17, 15) is 4.79 Å². The molecule has 10 heteroatoms. The smallest absolute Gasteiger partial charge is 0.264 e. The Balaban J connectivity index is 1.51. The Morgan fingerprint density at radius 3 is 2.32 bits per heavy atom. The lowest BCUT2D eigenvalue weighted by atomic mass is 10.1. The largest absolute Gasteiger partial charge is 0.496 e. The van der Waals surface area contributed by atoms with Gasteiger partial charge in [0.05, 0.1) is 25.8 Å². The number of hydrogen-bond acceptors (Lipinski definition) is 7. The monoisotopic (exact) mass is 541 g/mol. The summed E-state index contributed by atoms with van der Waals surface area (Å²) in [6, 6.07) is 16.0. The van der Waals surface area contributed by atoms with Gasteiger partial charge in [0.2, 0.25) is 5.89 Å². The Bertz CT molecular complexity index is 1370. The number of halogens is 1. The van der Waals surface area contributed by atoms with Gasteiger partial charge in [-0.3, -0.25) is 10.1 Å². The van der Waals surface area contributed by atoms with Crippen molar-refractivity contribution in [1.29, 1.82) is 0 Å². The third kappa shape index (κ3) is 4.82. The van der Waals surface area contributed by atoms with Gasteiger partial charge in [0.15, 0.2) is 10.7 Å². The summed E-state index contributed by atoms with van der Waals surface area (Å²) in [6.07, 6.45) is 0. The van der Waals surface area contributed by atoms with Crippen molar-refractivity contribution in [3.05, 3.63) is 64.6 Å². The quantitative estimate of drug-likeness (QED) is 0.313. The highest BCUT2D eigenvalue weighted by Gasteiger charge is 2.19. The number of amides is 1. The van der Waals surface area contributed by atoms with Gasteiger partial charge in [-0.05, 0) is 76.7 Å². The second-order valence-corrected chi connectivity index (χ2v) is 8.26. The van der Waals surface area contributed by atoms with E-state index < -0.39 is 5.91 Å². The van der Waals surface area contributed by atoms with Crippen molar-refractivity contribution in [3.8, 4) is 28.7 Å². The zero-order valence-corrected chi connectivity index (χ0v) is 20.9. The predicted molar refractivity (Wildman–Crippen MR) is 137 cm³/mol. The fraction of sp³-hybridized carbons (Fsp3) is 0.125. The molecule has 0 bridgehead atoms. The minimum Gasteiger partial charge on any atom is -0.496 e. The van der Waals surface area contributed by atoms with Gasteiger partial charge in [-0.1, -0.05) is 6.07 Å². The Hall–Kier alpha value is -3.63. The Morgan fingerprint density at radius 2 is 1.68 bits per heavy atom. The molecule has 0 saturated heterocycles. The first-order valence-corrected chi connectivity index (χ1v) is 11.2. The van der Waals surface area contributed by atoms with E-state index in [1.165, 1.54) is 14.2 Å². The number of benzene rings is 3. The van der Waals surface area contributed by atoms with Crippen molar-refractivity contribution in [1.82, 2.24) is 10.3 Å². The Kier molecular flexibility index (Phi) is 6.99. The number of nitrogens with one attached hydrogen (secondary N) is 2. The summed E-state index contributed by atoms with van der Waals surface area (Å²) in [4.78, 5) is 17.4. The molecule has 4 aromatic rings.